The Kier molecular flexibility index (Phi) is 2.16. The van der Waals surface area contributed by atoms with E-state index in [2.05, 4.69) is 20.9 Å². The van der Waals surface area contributed by atoms with Crippen LogP contribution in [0.2, 0.25) is 5.02 Å². The number of halogens is 2. The second-order valence-electron chi connectivity index (χ2n) is 1.87. The zero-order chi connectivity index (χ0) is 7.72. The summed E-state index contributed by atoms with van der Waals surface area (Å²) in [6, 6.07) is 1.45. The molecule has 4 heteroatoms. The molecule has 0 radical (unpaired) electrons. The highest BCUT2D eigenvalue weighted by molar-refractivity contribution is 9.10. The maximum atomic E-state index is 9.06. The number of aryl methyl sites for hydroxylation is 1. The third-order valence-electron chi connectivity index (χ3n) is 1.10. The van der Waals surface area contributed by atoms with E-state index >= 15 is 0 Å². The van der Waals surface area contributed by atoms with Crippen LogP contribution in [0.3, 0.4) is 0 Å². The minimum absolute atomic E-state index is 0.119. The van der Waals surface area contributed by atoms with Crippen LogP contribution >= 0.6 is 27.5 Å². The molecule has 1 aromatic heterocycles. The van der Waals surface area contributed by atoms with Gasteiger partial charge in [0.15, 0.2) is 0 Å². The molecule has 0 spiro atoms. The summed E-state index contributed by atoms with van der Waals surface area (Å²) in [6.45, 7) is 1.70. The minimum atomic E-state index is 0.119. The molecule has 0 amide bonds. The van der Waals surface area contributed by atoms with Crippen LogP contribution in [0.4, 0.5) is 0 Å². The largest absolute Gasteiger partial charge is 0.506 e. The van der Waals surface area contributed by atoms with Crippen molar-refractivity contribution in [3.8, 4) is 5.75 Å². The summed E-state index contributed by atoms with van der Waals surface area (Å²) in [5.74, 6) is 0.119. The smallest absolute Gasteiger partial charge is 0.138 e. The number of pyridine rings is 1. The lowest BCUT2D eigenvalue weighted by atomic mass is 10.3. The highest BCUT2D eigenvalue weighted by Crippen LogP contribution is 2.25. The molecule has 0 atom stereocenters. The normalized spacial score (nSPS) is 9.90. The Morgan fingerprint density at radius 2 is 2.30 bits per heavy atom. The van der Waals surface area contributed by atoms with Gasteiger partial charge in [-0.3, -0.25) is 0 Å². The Morgan fingerprint density at radius 3 is 2.80 bits per heavy atom. The fraction of sp³-hybridized carbons (Fsp3) is 0.167. The summed E-state index contributed by atoms with van der Waals surface area (Å²) >= 11 is 8.74. The molecule has 0 bridgehead atoms. The van der Waals surface area contributed by atoms with E-state index in [-0.39, 0.29) is 5.75 Å². The van der Waals surface area contributed by atoms with Crippen molar-refractivity contribution in [1.82, 2.24) is 4.98 Å². The summed E-state index contributed by atoms with van der Waals surface area (Å²) in [5, 5.41) is 9.48. The van der Waals surface area contributed by atoms with E-state index in [1.54, 1.807) is 6.92 Å². The Labute approximate surface area is 72.0 Å². The number of aromatic hydroxyl groups is 1. The first-order valence-electron chi connectivity index (χ1n) is 2.63. The van der Waals surface area contributed by atoms with E-state index in [1.165, 1.54) is 6.07 Å². The van der Waals surface area contributed by atoms with E-state index in [0.717, 1.165) is 0 Å². The maximum Gasteiger partial charge on any atom is 0.138 e. The molecular formula is C6H5BrClNO. The standard InChI is InChI=1S/C6H5BrClNO/c1-3-5(10)2-4(8)6(7)9-3/h2,10H,1H3. The molecule has 1 N–H and O–H groups in total. The molecule has 0 aliphatic rings. The number of hydrogen-bond donors (Lipinski definition) is 1. The van der Waals surface area contributed by atoms with Crippen molar-refractivity contribution in [3.63, 3.8) is 0 Å². The van der Waals surface area contributed by atoms with Crippen LogP contribution in [-0.2, 0) is 0 Å². The lowest BCUT2D eigenvalue weighted by molar-refractivity contribution is 0.467. The van der Waals surface area contributed by atoms with Crippen LogP contribution in [0.15, 0.2) is 10.7 Å². The number of nitrogens with zero attached hydrogens (tertiary/aromatic N) is 1. The van der Waals surface area contributed by atoms with E-state index in [1.807, 2.05) is 0 Å². The molecule has 1 rings (SSSR count). The highest BCUT2D eigenvalue weighted by atomic mass is 79.9. The summed E-state index contributed by atoms with van der Waals surface area (Å²) in [5.41, 5.74) is 0.566. The number of rotatable bonds is 0. The molecule has 54 valence electrons. The fourth-order valence-electron chi connectivity index (χ4n) is 0.542. The van der Waals surface area contributed by atoms with Crippen molar-refractivity contribution in [2.45, 2.75) is 6.92 Å². The van der Waals surface area contributed by atoms with Crippen molar-refractivity contribution in [2.24, 2.45) is 0 Å². The lowest BCUT2D eigenvalue weighted by Crippen LogP contribution is -1.83. The first kappa shape index (κ1) is 7.82. The third-order valence-corrected chi connectivity index (χ3v) is 2.22. The lowest BCUT2D eigenvalue weighted by Gasteiger charge is -1.98. The molecule has 0 saturated heterocycles. The average Bonchev–Trinajstić information content (AvgIpc) is 1.84. The van der Waals surface area contributed by atoms with Gasteiger partial charge in [0.1, 0.15) is 10.4 Å². The van der Waals surface area contributed by atoms with Gasteiger partial charge in [-0.25, -0.2) is 4.98 Å². The van der Waals surface area contributed by atoms with Crippen molar-refractivity contribution in [3.05, 3.63) is 21.4 Å². The first-order chi connectivity index (χ1) is 4.61. The van der Waals surface area contributed by atoms with Gasteiger partial charge in [-0.15, -0.1) is 0 Å². The number of hydrogen-bond acceptors (Lipinski definition) is 2. The quantitative estimate of drug-likeness (QED) is 0.684. The van der Waals surface area contributed by atoms with Gasteiger partial charge in [0.2, 0.25) is 0 Å². The van der Waals surface area contributed by atoms with E-state index in [0.29, 0.717) is 15.3 Å². The van der Waals surface area contributed by atoms with Gasteiger partial charge in [0, 0.05) is 6.07 Å². The van der Waals surface area contributed by atoms with Gasteiger partial charge in [0.05, 0.1) is 10.7 Å². The Bertz CT molecular complexity index is 214. The van der Waals surface area contributed by atoms with Gasteiger partial charge in [-0.2, -0.15) is 0 Å². The molecule has 10 heavy (non-hydrogen) atoms. The van der Waals surface area contributed by atoms with Gasteiger partial charge >= 0.3 is 0 Å². The molecule has 2 nitrogen and oxygen atoms in total. The predicted molar refractivity (Wildman–Crippen MR) is 43.3 cm³/mol. The second kappa shape index (κ2) is 2.76. The van der Waals surface area contributed by atoms with Crippen LogP contribution < -0.4 is 0 Å². The molecule has 0 aliphatic heterocycles. The van der Waals surface area contributed by atoms with Crippen LogP contribution in [0.25, 0.3) is 0 Å². The summed E-state index contributed by atoms with van der Waals surface area (Å²) in [6.07, 6.45) is 0. The fourth-order valence-corrected chi connectivity index (χ4v) is 1.07. The average molecular weight is 222 g/mol. The van der Waals surface area contributed by atoms with Crippen LogP contribution in [0.5, 0.6) is 5.75 Å². The van der Waals surface area contributed by atoms with Gasteiger partial charge in [-0.05, 0) is 22.9 Å². The molecule has 0 saturated carbocycles. The minimum Gasteiger partial charge on any atom is -0.506 e. The molecular weight excluding hydrogens is 217 g/mol. The SMILES string of the molecule is Cc1nc(Br)c(Cl)cc1O. The van der Waals surface area contributed by atoms with Crippen molar-refractivity contribution in [1.29, 1.82) is 0 Å². The Hall–Kier alpha value is -0.280. The Morgan fingerprint density at radius 1 is 1.70 bits per heavy atom. The third kappa shape index (κ3) is 1.41. The molecule has 0 aromatic carbocycles. The number of aromatic nitrogens is 1. The summed E-state index contributed by atoms with van der Waals surface area (Å²) < 4.78 is 0.560. The van der Waals surface area contributed by atoms with E-state index in [9.17, 15) is 0 Å². The maximum absolute atomic E-state index is 9.06. The van der Waals surface area contributed by atoms with Gasteiger partial charge < -0.3 is 5.11 Å². The molecule has 0 unspecified atom stereocenters. The first-order valence-corrected chi connectivity index (χ1v) is 3.80. The molecule has 0 aliphatic carbocycles. The second-order valence-corrected chi connectivity index (χ2v) is 3.02. The highest BCUT2D eigenvalue weighted by Gasteiger charge is 2.02. The van der Waals surface area contributed by atoms with Crippen LogP contribution in [0.1, 0.15) is 5.69 Å². The van der Waals surface area contributed by atoms with E-state index in [4.69, 9.17) is 16.7 Å². The summed E-state index contributed by atoms with van der Waals surface area (Å²) in [4.78, 5) is 3.91. The van der Waals surface area contributed by atoms with Gasteiger partial charge in [0.25, 0.3) is 0 Å². The summed E-state index contributed by atoms with van der Waals surface area (Å²) in [7, 11) is 0. The topological polar surface area (TPSA) is 33.1 Å². The molecule has 1 aromatic rings. The zero-order valence-electron chi connectivity index (χ0n) is 5.23. The van der Waals surface area contributed by atoms with Crippen molar-refractivity contribution < 1.29 is 5.11 Å². The van der Waals surface area contributed by atoms with Gasteiger partial charge in [-0.1, -0.05) is 11.6 Å². The van der Waals surface area contributed by atoms with Crippen molar-refractivity contribution >= 4 is 27.5 Å². The predicted octanol–water partition coefficient (Wildman–Crippen LogP) is 2.51. The van der Waals surface area contributed by atoms with Crippen LogP contribution in [-0.4, -0.2) is 10.1 Å². The van der Waals surface area contributed by atoms with Crippen LogP contribution in [0, 0.1) is 6.92 Å². The van der Waals surface area contributed by atoms with E-state index < -0.39 is 0 Å². The monoisotopic (exact) mass is 221 g/mol. The zero-order valence-corrected chi connectivity index (χ0v) is 7.57. The Balaban J connectivity index is 3.28. The van der Waals surface area contributed by atoms with Crippen molar-refractivity contribution in [2.75, 3.05) is 0 Å². The molecule has 0 fully saturated rings. The molecule has 1 heterocycles.